The monoisotopic (exact) mass is 265 g/mol. The van der Waals surface area contributed by atoms with Gasteiger partial charge in [0.15, 0.2) is 0 Å². The molecule has 0 fully saturated rings. The quantitative estimate of drug-likeness (QED) is 0.868. The number of carbonyl (C=O) groups is 1. The molecule has 0 saturated heterocycles. The van der Waals surface area contributed by atoms with Crippen molar-refractivity contribution in [3.63, 3.8) is 0 Å². The van der Waals surface area contributed by atoms with Crippen molar-refractivity contribution in [1.29, 1.82) is 0 Å². The molecule has 1 atom stereocenters. The molecule has 0 amide bonds. The molecule has 0 aromatic carbocycles. The predicted octanol–water partition coefficient (Wildman–Crippen LogP) is 2.52. The van der Waals surface area contributed by atoms with Gasteiger partial charge in [-0.05, 0) is 23.8 Å². The number of hydrogen-bond acceptors (Lipinski definition) is 5. The summed E-state index contributed by atoms with van der Waals surface area (Å²) in [6.45, 7) is 4.51. The highest BCUT2D eigenvalue weighted by Crippen LogP contribution is 2.28. The van der Waals surface area contributed by atoms with E-state index in [0.717, 1.165) is 21.6 Å². The zero-order valence-electron chi connectivity index (χ0n) is 10.3. The van der Waals surface area contributed by atoms with Crippen molar-refractivity contribution in [3.8, 4) is 0 Å². The Balaban J connectivity index is 2.10. The molecule has 0 aliphatic heterocycles. The fraction of sp³-hybridized carbons (Fsp3) is 0.417. The van der Waals surface area contributed by atoms with Crippen molar-refractivity contribution in [2.45, 2.75) is 20.3 Å². The van der Waals surface area contributed by atoms with Gasteiger partial charge < -0.3 is 10.4 Å². The second kappa shape index (κ2) is 5.30. The third kappa shape index (κ3) is 2.76. The highest BCUT2D eigenvalue weighted by atomic mass is 32.1. The summed E-state index contributed by atoms with van der Waals surface area (Å²) in [6.07, 6.45) is 1.69. The van der Waals surface area contributed by atoms with E-state index in [1.807, 2.05) is 19.2 Å². The molecule has 0 bridgehead atoms. The maximum atomic E-state index is 10.6. The first-order chi connectivity index (χ1) is 8.58. The van der Waals surface area contributed by atoms with Crippen LogP contribution in [0.25, 0.3) is 10.2 Å². The van der Waals surface area contributed by atoms with Crippen LogP contribution in [0.3, 0.4) is 0 Å². The van der Waals surface area contributed by atoms with Crippen LogP contribution in [0.15, 0.2) is 11.7 Å². The summed E-state index contributed by atoms with van der Waals surface area (Å²) in [5.74, 6) is 0.0769. The summed E-state index contributed by atoms with van der Waals surface area (Å²) < 4.78 is 1.03. The Morgan fingerprint density at radius 3 is 3.06 bits per heavy atom. The van der Waals surface area contributed by atoms with E-state index in [2.05, 4.69) is 15.3 Å². The van der Waals surface area contributed by atoms with Crippen LogP contribution >= 0.6 is 11.3 Å². The molecule has 2 rings (SSSR count). The fourth-order valence-electron chi connectivity index (χ4n) is 1.74. The Morgan fingerprint density at radius 2 is 2.33 bits per heavy atom. The zero-order chi connectivity index (χ0) is 13.1. The van der Waals surface area contributed by atoms with Crippen molar-refractivity contribution in [1.82, 2.24) is 9.97 Å². The van der Waals surface area contributed by atoms with Gasteiger partial charge in [-0.2, -0.15) is 0 Å². The molecule has 2 heterocycles. The average Bonchev–Trinajstić information content (AvgIpc) is 2.68. The normalized spacial score (nSPS) is 12.6. The Morgan fingerprint density at radius 1 is 1.56 bits per heavy atom. The number of hydrogen-bond donors (Lipinski definition) is 2. The summed E-state index contributed by atoms with van der Waals surface area (Å²) in [4.78, 5) is 19.0. The third-order valence-corrected chi connectivity index (χ3v) is 3.77. The van der Waals surface area contributed by atoms with Crippen molar-refractivity contribution in [3.05, 3.63) is 17.3 Å². The molecule has 0 radical (unpaired) electrons. The van der Waals surface area contributed by atoms with Gasteiger partial charge >= 0.3 is 5.97 Å². The number of thiophene rings is 1. The van der Waals surface area contributed by atoms with Crippen LogP contribution in [-0.4, -0.2) is 27.6 Å². The van der Waals surface area contributed by atoms with Gasteiger partial charge in [0.2, 0.25) is 0 Å². The average molecular weight is 265 g/mol. The van der Waals surface area contributed by atoms with Crippen LogP contribution in [0.5, 0.6) is 0 Å². The molecule has 0 aliphatic rings. The maximum absolute atomic E-state index is 10.6. The SMILES string of the molecule is Cc1csc2c(NCC(C)CC(=O)O)ncnc12. The minimum absolute atomic E-state index is 0.0635. The Bertz CT molecular complexity index is 567. The molecule has 5 nitrogen and oxygen atoms in total. The molecule has 2 aromatic heterocycles. The lowest BCUT2D eigenvalue weighted by Crippen LogP contribution is -2.15. The molecular formula is C12H15N3O2S. The van der Waals surface area contributed by atoms with Crippen molar-refractivity contribution in [2.75, 3.05) is 11.9 Å². The van der Waals surface area contributed by atoms with Crippen molar-refractivity contribution < 1.29 is 9.90 Å². The second-order valence-corrected chi connectivity index (χ2v) is 5.28. The highest BCUT2D eigenvalue weighted by Gasteiger charge is 2.11. The molecule has 1 unspecified atom stereocenters. The van der Waals surface area contributed by atoms with Gasteiger partial charge in [-0.25, -0.2) is 9.97 Å². The second-order valence-electron chi connectivity index (χ2n) is 4.40. The fourth-order valence-corrected chi connectivity index (χ4v) is 2.70. The number of aromatic nitrogens is 2. The first kappa shape index (κ1) is 12.8. The summed E-state index contributed by atoms with van der Waals surface area (Å²) in [6, 6.07) is 0. The van der Waals surface area contributed by atoms with E-state index in [9.17, 15) is 4.79 Å². The lowest BCUT2D eigenvalue weighted by molar-refractivity contribution is -0.137. The summed E-state index contributed by atoms with van der Waals surface area (Å²) >= 11 is 1.60. The molecule has 6 heteroatoms. The number of fused-ring (bicyclic) bond motifs is 1. The smallest absolute Gasteiger partial charge is 0.303 e. The van der Waals surface area contributed by atoms with Crippen LogP contribution in [-0.2, 0) is 4.79 Å². The van der Waals surface area contributed by atoms with Crippen LogP contribution in [0, 0.1) is 12.8 Å². The molecule has 96 valence electrons. The number of nitrogens with one attached hydrogen (secondary N) is 1. The third-order valence-electron chi connectivity index (χ3n) is 2.67. The molecule has 18 heavy (non-hydrogen) atoms. The van der Waals surface area contributed by atoms with E-state index in [1.54, 1.807) is 11.3 Å². The van der Waals surface area contributed by atoms with E-state index in [1.165, 1.54) is 6.33 Å². The van der Waals surface area contributed by atoms with Crippen LogP contribution in [0.2, 0.25) is 0 Å². The first-order valence-electron chi connectivity index (χ1n) is 5.72. The van der Waals surface area contributed by atoms with Crippen LogP contribution < -0.4 is 5.32 Å². The Labute approximate surface area is 109 Å². The number of rotatable bonds is 5. The first-order valence-corrected chi connectivity index (χ1v) is 6.60. The van der Waals surface area contributed by atoms with Crippen molar-refractivity contribution >= 4 is 33.3 Å². The standard InChI is InChI=1S/C12H15N3O2S/c1-7(3-9(16)17)4-13-12-11-10(14-6-15-12)8(2)5-18-11/h5-7H,3-4H2,1-2H3,(H,16,17)(H,13,14,15). The van der Waals surface area contributed by atoms with Gasteiger partial charge in [-0.1, -0.05) is 6.92 Å². The van der Waals surface area contributed by atoms with E-state index < -0.39 is 5.97 Å². The molecule has 2 N–H and O–H groups in total. The molecule has 2 aromatic rings. The number of carboxylic acid groups (broad SMARTS) is 1. The topological polar surface area (TPSA) is 75.1 Å². The summed E-state index contributed by atoms with van der Waals surface area (Å²) in [5.41, 5.74) is 2.10. The maximum Gasteiger partial charge on any atom is 0.303 e. The number of aliphatic carboxylic acids is 1. The predicted molar refractivity (Wildman–Crippen MR) is 72.1 cm³/mol. The Hall–Kier alpha value is -1.69. The van der Waals surface area contributed by atoms with Gasteiger partial charge in [0, 0.05) is 13.0 Å². The molecular weight excluding hydrogens is 250 g/mol. The summed E-state index contributed by atoms with van der Waals surface area (Å²) in [7, 11) is 0. The van der Waals surface area contributed by atoms with Gasteiger partial charge in [-0.3, -0.25) is 4.79 Å². The van der Waals surface area contributed by atoms with Gasteiger partial charge in [0.1, 0.15) is 12.1 Å². The minimum Gasteiger partial charge on any atom is -0.481 e. The van der Waals surface area contributed by atoms with E-state index in [4.69, 9.17) is 5.11 Å². The van der Waals surface area contributed by atoms with E-state index >= 15 is 0 Å². The highest BCUT2D eigenvalue weighted by molar-refractivity contribution is 7.18. The molecule has 0 spiro atoms. The molecule has 0 saturated carbocycles. The van der Waals surface area contributed by atoms with Crippen LogP contribution in [0.4, 0.5) is 5.82 Å². The number of nitrogens with zero attached hydrogens (tertiary/aromatic N) is 2. The largest absolute Gasteiger partial charge is 0.481 e. The lowest BCUT2D eigenvalue weighted by atomic mass is 10.1. The molecule has 0 aliphatic carbocycles. The van der Waals surface area contributed by atoms with E-state index in [-0.39, 0.29) is 12.3 Å². The number of carboxylic acids is 1. The van der Waals surface area contributed by atoms with Gasteiger partial charge in [0.25, 0.3) is 0 Å². The van der Waals surface area contributed by atoms with Gasteiger partial charge in [0.05, 0.1) is 10.2 Å². The minimum atomic E-state index is -0.774. The zero-order valence-corrected chi connectivity index (χ0v) is 11.1. The Kier molecular flexibility index (Phi) is 3.76. The van der Waals surface area contributed by atoms with Crippen molar-refractivity contribution in [2.24, 2.45) is 5.92 Å². The van der Waals surface area contributed by atoms with Gasteiger partial charge in [-0.15, -0.1) is 11.3 Å². The van der Waals surface area contributed by atoms with Crippen LogP contribution in [0.1, 0.15) is 18.9 Å². The lowest BCUT2D eigenvalue weighted by Gasteiger charge is -2.11. The number of aryl methyl sites for hydroxylation is 1. The van der Waals surface area contributed by atoms with E-state index in [0.29, 0.717) is 6.54 Å². The summed E-state index contributed by atoms with van der Waals surface area (Å²) in [5, 5.41) is 14.0. The number of anilines is 1.